The molecule has 2 heteroatoms. The van der Waals surface area contributed by atoms with Gasteiger partial charge in [-0.1, -0.05) is 51.1 Å². The molecule has 0 bridgehead atoms. The zero-order chi connectivity index (χ0) is 14.5. The average Bonchev–Trinajstić information content (AvgIpc) is 2.85. The highest BCUT2D eigenvalue weighted by atomic mass is 15.2. The minimum atomic E-state index is 0.432. The molecule has 1 fully saturated rings. The molecule has 0 saturated carbocycles. The highest BCUT2D eigenvalue weighted by Crippen LogP contribution is 2.32. The van der Waals surface area contributed by atoms with E-state index in [2.05, 4.69) is 68.2 Å². The molecule has 0 aliphatic carbocycles. The molecule has 0 aromatic heterocycles. The molecule has 112 valence electrons. The van der Waals surface area contributed by atoms with E-state index in [9.17, 15) is 0 Å². The van der Waals surface area contributed by atoms with Crippen LogP contribution in [0.4, 0.5) is 0 Å². The van der Waals surface area contributed by atoms with Crippen molar-refractivity contribution in [1.29, 1.82) is 0 Å². The lowest BCUT2D eigenvalue weighted by atomic mass is 9.89. The Kier molecular flexibility index (Phi) is 5.62. The van der Waals surface area contributed by atoms with Crippen LogP contribution >= 0.6 is 0 Å². The van der Waals surface area contributed by atoms with Gasteiger partial charge in [-0.3, -0.25) is 4.90 Å². The Morgan fingerprint density at radius 3 is 2.45 bits per heavy atom. The third kappa shape index (κ3) is 3.42. The number of likely N-dealkylation sites (N-methyl/N-ethyl adjacent to an activating group) is 1. The van der Waals surface area contributed by atoms with Gasteiger partial charge in [-0.2, -0.15) is 0 Å². The van der Waals surface area contributed by atoms with Gasteiger partial charge in [-0.05, 0) is 44.3 Å². The van der Waals surface area contributed by atoms with E-state index in [1.807, 2.05) is 0 Å². The fraction of sp³-hybridized carbons (Fsp3) is 0.667. The van der Waals surface area contributed by atoms with Crippen molar-refractivity contribution in [2.24, 2.45) is 5.92 Å². The molecule has 1 N–H and O–H groups in total. The van der Waals surface area contributed by atoms with Crippen molar-refractivity contribution in [2.45, 2.75) is 58.7 Å². The van der Waals surface area contributed by atoms with Gasteiger partial charge in [0.25, 0.3) is 0 Å². The summed E-state index contributed by atoms with van der Waals surface area (Å²) >= 11 is 0. The summed E-state index contributed by atoms with van der Waals surface area (Å²) < 4.78 is 0. The van der Waals surface area contributed by atoms with E-state index in [4.69, 9.17) is 0 Å². The lowest BCUT2D eigenvalue weighted by Gasteiger charge is -2.40. The van der Waals surface area contributed by atoms with Crippen molar-refractivity contribution in [3.8, 4) is 0 Å². The van der Waals surface area contributed by atoms with Crippen LogP contribution in [0.3, 0.4) is 0 Å². The first-order valence-electron chi connectivity index (χ1n) is 8.19. The second-order valence-electron chi connectivity index (χ2n) is 6.41. The molecular weight excluding hydrogens is 244 g/mol. The van der Waals surface area contributed by atoms with Crippen molar-refractivity contribution >= 4 is 0 Å². The topological polar surface area (TPSA) is 15.3 Å². The normalized spacial score (nSPS) is 23.1. The Balaban J connectivity index is 2.28. The summed E-state index contributed by atoms with van der Waals surface area (Å²) in [5, 5.41) is 3.74. The summed E-state index contributed by atoms with van der Waals surface area (Å²) in [5.41, 5.74) is 1.42. The number of rotatable bonds is 6. The molecule has 3 atom stereocenters. The van der Waals surface area contributed by atoms with Gasteiger partial charge in [-0.15, -0.1) is 0 Å². The predicted molar refractivity (Wildman–Crippen MR) is 86.9 cm³/mol. The third-order valence-electron chi connectivity index (χ3n) is 4.59. The minimum absolute atomic E-state index is 0.432. The van der Waals surface area contributed by atoms with Gasteiger partial charge in [0.2, 0.25) is 0 Å². The van der Waals surface area contributed by atoms with Crippen LogP contribution in [-0.4, -0.2) is 30.1 Å². The van der Waals surface area contributed by atoms with Crippen LogP contribution in [0.2, 0.25) is 0 Å². The summed E-state index contributed by atoms with van der Waals surface area (Å²) in [6.45, 7) is 11.6. The lowest BCUT2D eigenvalue weighted by Crippen LogP contribution is -2.49. The molecule has 1 saturated heterocycles. The van der Waals surface area contributed by atoms with E-state index >= 15 is 0 Å². The van der Waals surface area contributed by atoms with Gasteiger partial charge < -0.3 is 5.32 Å². The summed E-state index contributed by atoms with van der Waals surface area (Å²) in [4.78, 5) is 2.73. The SMILES string of the molecule is CCNC(c1ccccc1)C(C(C)C)N1CCCC1C. The van der Waals surface area contributed by atoms with Crippen LogP contribution in [0.1, 0.15) is 52.1 Å². The van der Waals surface area contributed by atoms with Gasteiger partial charge in [0.15, 0.2) is 0 Å². The highest BCUT2D eigenvalue weighted by molar-refractivity contribution is 5.21. The first-order chi connectivity index (χ1) is 9.65. The van der Waals surface area contributed by atoms with E-state index < -0.39 is 0 Å². The minimum Gasteiger partial charge on any atom is -0.309 e. The number of hydrogen-bond donors (Lipinski definition) is 1. The molecule has 0 amide bonds. The van der Waals surface area contributed by atoms with E-state index in [0.717, 1.165) is 6.54 Å². The van der Waals surface area contributed by atoms with Gasteiger partial charge in [0.1, 0.15) is 0 Å². The molecule has 1 aromatic rings. The number of likely N-dealkylation sites (tertiary alicyclic amines) is 1. The maximum Gasteiger partial charge on any atom is 0.0480 e. The molecule has 0 radical (unpaired) electrons. The Hall–Kier alpha value is -0.860. The van der Waals surface area contributed by atoms with Crippen LogP contribution in [0.15, 0.2) is 30.3 Å². The summed E-state index contributed by atoms with van der Waals surface area (Å²) in [6, 6.07) is 12.7. The molecular formula is C18H30N2. The first-order valence-corrected chi connectivity index (χ1v) is 8.19. The fourth-order valence-electron chi connectivity index (χ4n) is 3.67. The molecule has 2 rings (SSSR count). The van der Waals surface area contributed by atoms with Crippen molar-refractivity contribution in [3.05, 3.63) is 35.9 Å². The average molecular weight is 274 g/mol. The maximum absolute atomic E-state index is 3.74. The van der Waals surface area contributed by atoms with Crippen LogP contribution in [0.25, 0.3) is 0 Å². The largest absolute Gasteiger partial charge is 0.309 e. The van der Waals surface area contributed by atoms with Crippen LogP contribution in [-0.2, 0) is 0 Å². The molecule has 20 heavy (non-hydrogen) atoms. The fourth-order valence-corrected chi connectivity index (χ4v) is 3.67. The van der Waals surface area contributed by atoms with Crippen LogP contribution < -0.4 is 5.32 Å². The number of hydrogen-bond acceptors (Lipinski definition) is 2. The van der Waals surface area contributed by atoms with Crippen molar-refractivity contribution < 1.29 is 0 Å². The van der Waals surface area contributed by atoms with Crippen LogP contribution in [0.5, 0.6) is 0 Å². The Morgan fingerprint density at radius 2 is 1.95 bits per heavy atom. The Bertz CT molecular complexity index is 388. The van der Waals surface area contributed by atoms with Gasteiger partial charge in [0, 0.05) is 18.1 Å². The van der Waals surface area contributed by atoms with Crippen LogP contribution in [0, 0.1) is 5.92 Å². The smallest absolute Gasteiger partial charge is 0.0480 e. The predicted octanol–water partition coefficient (Wildman–Crippen LogP) is 3.85. The zero-order valence-corrected chi connectivity index (χ0v) is 13.5. The number of nitrogens with zero attached hydrogens (tertiary/aromatic N) is 1. The standard InChI is InChI=1S/C18H30N2/c1-5-19-17(16-11-7-6-8-12-16)18(14(2)3)20-13-9-10-15(20)4/h6-8,11-12,14-15,17-19H,5,9-10,13H2,1-4H3. The summed E-state index contributed by atoms with van der Waals surface area (Å²) in [7, 11) is 0. The van der Waals surface area contributed by atoms with E-state index in [-0.39, 0.29) is 0 Å². The molecule has 1 aliphatic heterocycles. The first kappa shape index (κ1) is 15.5. The zero-order valence-electron chi connectivity index (χ0n) is 13.5. The van der Waals surface area contributed by atoms with Crippen molar-refractivity contribution in [2.75, 3.05) is 13.1 Å². The van der Waals surface area contributed by atoms with Crippen molar-refractivity contribution in [3.63, 3.8) is 0 Å². The number of nitrogens with one attached hydrogen (secondary N) is 1. The molecule has 2 nitrogen and oxygen atoms in total. The summed E-state index contributed by atoms with van der Waals surface area (Å²) in [6.07, 6.45) is 2.69. The molecule has 0 spiro atoms. The van der Waals surface area contributed by atoms with E-state index in [0.29, 0.717) is 24.0 Å². The van der Waals surface area contributed by atoms with Gasteiger partial charge in [-0.25, -0.2) is 0 Å². The van der Waals surface area contributed by atoms with E-state index in [1.165, 1.54) is 24.9 Å². The summed E-state index contributed by atoms with van der Waals surface area (Å²) in [5.74, 6) is 0.653. The van der Waals surface area contributed by atoms with Crippen molar-refractivity contribution in [1.82, 2.24) is 10.2 Å². The second kappa shape index (κ2) is 7.24. The third-order valence-corrected chi connectivity index (χ3v) is 4.59. The monoisotopic (exact) mass is 274 g/mol. The molecule has 1 aliphatic rings. The number of benzene rings is 1. The molecule has 1 aromatic carbocycles. The molecule has 3 unspecified atom stereocenters. The Labute approximate surface area is 124 Å². The van der Waals surface area contributed by atoms with Gasteiger partial charge in [0.05, 0.1) is 0 Å². The highest BCUT2D eigenvalue weighted by Gasteiger charge is 2.35. The quantitative estimate of drug-likeness (QED) is 0.847. The second-order valence-corrected chi connectivity index (χ2v) is 6.41. The molecule has 1 heterocycles. The van der Waals surface area contributed by atoms with Gasteiger partial charge >= 0.3 is 0 Å². The van der Waals surface area contributed by atoms with E-state index in [1.54, 1.807) is 0 Å². The lowest BCUT2D eigenvalue weighted by molar-refractivity contribution is 0.111. The Morgan fingerprint density at radius 1 is 1.25 bits per heavy atom. The maximum atomic E-state index is 3.74.